The molecule has 2 aromatic heterocycles. The van der Waals surface area contributed by atoms with Crippen molar-refractivity contribution >= 4 is 11.8 Å². The Morgan fingerprint density at radius 3 is 1.76 bits per heavy atom. The first-order chi connectivity index (χ1) is 23.8. The predicted octanol–water partition coefficient (Wildman–Crippen LogP) is 4.08. The molecule has 0 aliphatic rings. The van der Waals surface area contributed by atoms with Crippen molar-refractivity contribution in [3.63, 3.8) is 0 Å². The molecule has 0 fully saturated rings. The Kier molecular flexibility index (Phi) is 14.2. The molecule has 2 amide bonds. The fourth-order valence-corrected chi connectivity index (χ4v) is 5.08. The number of pyridine rings is 2. The highest BCUT2D eigenvalue weighted by Crippen LogP contribution is 2.28. The summed E-state index contributed by atoms with van der Waals surface area (Å²) in [5, 5.41) is 12.1. The molecule has 0 bridgehead atoms. The number of methoxy groups -OCH3 is 2. The molecule has 0 spiro atoms. The Hall–Kier alpha value is -5.20. The van der Waals surface area contributed by atoms with Crippen molar-refractivity contribution in [1.82, 2.24) is 31.2 Å². The van der Waals surface area contributed by atoms with Crippen molar-refractivity contribution in [3.05, 3.63) is 94.5 Å². The summed E-state index contributed by atoms with van der Waals surface area (Å²) >= 11 is 0. The highest BCUT2D eigenvalue weighted by atomic mass is 16.5. The first-order valence-electron chi connectivity index (χ1n) is 16.2. The lowest BCUT2D eigenvalue weighted by Crippen LogP contribution is -2.30. The second-order valence-corrected chi connectivity index (χ2v) is 11.3. The number of hydrogen-bond acceptors (Lipinski definition) is 10. The number of carbonyl (C=O) groups excluding carboxylic acids is 2. The van der Waals surface area contributed by atoms with Gasteiger partial charge >= 0.3 is 0 Å². The Labute approximate surface area is 287 Å². The van der Waals surface area contributed by atoms with Gasteiger partial charge in [-0.2, -0.15) is 9.97 Å². The molecule has 4 rings (SSSR count). The molecule has 12 nitrogen and oxygen atoms in total. The second kappa shape index (κ2) is 19.0. The van der Waals surface area contributed by atoms with Crippen LogP contribution in [0.4, 0.5) is 0 Å². The van der Waals surface area contributed by atoms with Crippen LogP contribution in [-0.2, 0) is 35.9 Å². The maximum Gasteiger partial charge on any atom is 0.220 e. The first kappa shape index (κ1) is 36.6. The zero-order valence-electron chi connectivity index (χ0n) is 28.9. The number of benzene rings is 2. The second-order valence-electron chi connectivity index (χ2n) is 11.3. The number of nitrogens with one attached hydrogen (secondary N) is 4. The van der Waals surface area contributed by atoms with Gasteiger partial charge in [-0.25, -0.2) is 0 Å². The van der Waals surface area contributed by atoms with Crippen molar-refractivity contribution in [2.45, 2.75) is 47.1 Å². The van der Waals surface area contributed by atoms with Gasteiger partial charge in [-0.15, -0.1) is 0 Å². The largest absolute Gasteiger partial charge is 0.481 e. The highest BCUT2D eigenvalue weighted by Gasteiger charge is 2.12. The molecule has 49 heavy (non-hydrogen) atoms. The maximum absolute atomic E-state index is 11.0. The van der Waals surface area contributed by atoms with Gasteiger partial charge < -0.3 is 40.2 Å². The summed E-state index contributed by atoms with van der Waals surface area (Å²) in [6.45, 7) is 9.25. The number of carbonyl (C=O) groups is 2. The van der Waals surface area contributed by atoms with Crippen molar-refractivity contribution in [2.24, 2.45) is 0 Å². The average Bonchev–Trinajstić information content (AvgIpc) is 3.10. The van der Waals surface area contributed by atoms with E-state index in [0.717, 1.165) is 38.9 Å². The predicted molar refractivity (Wildman–Crippen MR) is 188 cm³/mol. The lowest BCUT2D eigenvalue weighted by molar-refractivity contribution is -0.119. The molecule has 0 radical (unpaired) electrons. The summed E-state index contributed by atoms with van der Waals surface area (Å²) in [5.74, 6) is 1.82. The molecule has 0 saturated carbocycles. The molecule has 12 heteroatoms. The smallest absolute Gasteiger partial charge is 0.220 e. The summed E-state index contributed by atoms with van der Waals surface area (Å²) < 4.78 is 23.1. The third-order valence-electron chi connectivity index (χ3n) is 7.64. The fraction of sp³-hybridized carbons (Fsp3) is 0.351. The highest BCUT2D eigenvalue weighted by molar-refractivity contribution is 5.73. The zero-order chi connectivity index (χ0) is 35.0. The van der Waals surface area contributed by atoms with Gasteiger partial charge in [0, 0.05) is 76.4 Å². The fourth-order valence-electron chi connectivity index (χ4n) is 5.08. The van der Waals surface area contributed by atoms with Crippen LogP contribution >= 0.6 is 0 Å². The lowest BCUT2D eigenvalue weighted by Gasteiger charge is -2.15. The molecule has 0 unspecified atom stereocenters. The van der Waals surface area contributed by atoms with E-state index in [-0.39, 0.29) is 11.8 Å². The van der Waals surface area contributed by atoms with E-state index >= 15 is 0 Å². The molecular weight excluding hydrogens is 624 g/mol. The molecule has 0 saturated heterocycles. The summed E-state index contributed by atoms with van der Waals surface area (Å²) in [6.07, 6.45) is 0. The molecule has 0 aliphatic carbocycles. The Balaban J connectivity index is 1.34. The number of nitrogens with zero attached hydrogens (tertiary/aromatic N) is 2. The average molecular weight is 671 g/mol. The van der Waals surface area contributed by atoms with Crippen LogP contribution in [0.5, 0.6) is 23.5 Å². The van der Waals surface area contributed by atoms with Crippen molar-refractivity contribution in [2.75, 3.05) is 40.4 Å². The molecule has 2 heterocycles. The molecule has 2 aromatic carbocycles. The monoisotopic (exact) mass is 670 g/mol. The normalized spacial score (nSPS) is 10.7. The standard InChI is InChI=1S/C37H46N6O6/c1-25-32(24-49-35-15-13-31(37(43-35)47-5)22-39-17-19-41-27(3)45)10-7-11-33(25)29-9-6-8-28(20-29)23-48-34-14-12-30(36(42-34)46-4)21-38-16-18-40-26(2)44/h6-15,20,38-39H,16-19,21-24H2,1-5H3,(H,40,44)(H,41,45). The minimum atomic E-state index is -0.0535. The minimum Gasteiger partial charge on any atom is -0.481 e. The van der Waals surface area contributed by atoms with Crippen LogP contribution in [0.1, 0.15) is 41.7 Å². The van der Waals surface area contributed by atoms with E-state index in [0.29, 0.717) is 76.0 Å². The SMILES string of the molecule is COc1nc(OCc2cccc(-c3cccc(COc4ccc(CNCCNC(C)=O)c(OC)n4)c3C)c2)ccc1CNCCNC(C)=O. The van der Waals surface area contributed by atoms with E-state index in [1.165, 1.54) is 13.8 Å². The minimum absolute atomic E-state index is 0.0534. The zero-order valence-corrected chi connectivity index (χ0v) is 28.9. The molecule has 0 atom stereocenters. The molecular formula is C37H46N6O6. The van der Waals surface area contributed by atoms with Crippen LogP contribution in [-0.4, -0.2) is 62.2 Å². The maximum atomic E-state index is 11.0. The van der Waals surface area contributed by atoms with Gasteiger partial charge in [-0.3, -0.25) is 9.59 Å². The molecule has 260 valence electrons. The van der Waals surface area contributed by atoms with Crippen LogP contribution in [0.15, 0.2) is 66.7 Å². The lowest BCUT2D eigenvalue weighted by atomic mass is 9.95. The van der Waals surface area contributed by atoms with E-state index in [1.54, 1.807) is 14.2 Å². The van der Waals surface area contributed by atoms with Gasteiger partial charge in [0.2, 0.25) is 35.3 Å². The molecule has 4 aromatic rings. The van der Waals surface area contributed by atoms with Crippen molar-refractivity contribution in [3.8, 4) is 34.6 Å². The van der Waals surface area contributed by atoms with Gasteiger partial charge in [0.1, 0.15) is 13.2 Å². The van der Waals surface area contributed by atoms with Crippen LogP contribution < -0.4 is 40.2 Å². The molecule has 0 aliphatic heterocycles. The van der Waals surface area contributed by atoms with Crippen LogP contribution in [0.2, 0.25) is 0 Å². The molecule has 4 N–H and O–H groups in total. The van der Waals surface area contributed by atoms with Gasteiger partial charge in [-0.05, 0) is 52.9 Å². The van der Waals surface area contributed by atoms with Gasteiger partial charge in [0.15, 0.2) is 0 Å². The van der Waals surface area contributed by atoms with Crippen molar-refractivity contribution in [1.29, 1.82) is 0 Å². The number of ether oxygens (including phenoxy) is 4. The van der Waals surface area contributed by atoms with Crippen LogP contribution in [0.3, 0.4) is 0 Å². The summed E-state index contributed by atoms with van der Waals surface area (Å²) in [4.78, 5) is 31.2. The third kappa shape index (κ3) is 11.5. The van der Waals surface area contributed by atoms with Gasteiger partial charge in [0.05, 0.1) is 14.2 Å². The Bertz CT molecular complexity index is 1700. The van der Waals surface area contributed by atoms with Crippen molar-refractivity contribution < 1.29 is 28.5 Å². The van der Waals surface area contributed by atoms with E-state index in [9.17, 15) is 9.59 Å². The van der Waals surface area contributed by atoms with E-state index in [2.05, 4.69) is 62.4 Å². The number of amides is 2. The van der Waals surface area contributed by atoms with E-state index in [4.69, 9.17) is 18.9 Å². The quantitative estimate of drug-likeness (QED) is 0.108. The van der Waals surface area contributed by atoms with E-state index in [1.807, 2.05) is 42.5 Å². The summed E-state index contributed by atoms with van der Waals surface area (Å²) in [7, 11) is 3.17. The van der Waals surface area contributed by atoms with Gasteiger partial charge in [0.25, 0.3) is 0 Å². The van der Waals surface area contributed by atoms with E-state index < -0.39 is 0 Å². The summed E-state index contributed by atoms with van der Waals surface area (Å²) in [6, 6.07) is 22.0. The number of hydrogen-bond donors (Lipinski definition) is 4. The number of aromatic nitrogens is 2. The topological polar surface area (TPSA) is 145 Å². The Morgan fingerprint density at radius 2 is 1.20 bits per heavy atom. The third-order valence-corrected chi connectivity index (χ3v) is 7.64. The number of rotatable bonds is 19. The Morgan fingerprint density at radius 1 is 0.653 bits per heavy atom. The van der Waals surface area contributed by atoms with Gasteiger partial charge in [-0.1, -0.05) is 36.4 Å². The van der Waals surface area contributed by atoms with Crippen LogP contribution in [0, 0.1) is 6.92 Å². The first-order valence-corrected chi connectivity index (χ1v) is 16.2. The van der Waals surface area contributed by atoms with Crippen LogP contribution in [0.25, 0.3) is 11.1 Å². The summed E-state index contributed by atoms with van der Waals surface area (Å²) in [5.41, 5.74) is 7.13.